The van der Waals surface area contributed by atoms with Crippen LogP contribution in [0.4, 0.5) is 10.1 Å². The van der Waals surface area contributed by atoms with Crippen LogP contribution >= 0.6 is 0 Å². The molecule has 0 spiro atoms. The smallest absolute Gasteiger partial charge is 0.146 e. The fraction of sp³-hybridized carbons (Fsp3) is 0.647. The molecule has 0 atom stereocenters. The maximum Gasteiger partial charge on any atom is 0.146 e. The largest absolute Gasteiger partial charge is 0.368 e. The summed E-state index contributed by atoms with van der Waals surface area (Å²) in [6, 6.07) is 5.63. The Bertz CT molecular complexity index is 468. The second-order valence-corrected chi connectivity index (χ2v) is 7.03. The first-order valence-electron chi connectivity index (χ1n) is 7.82. The number of rotatable bonds is 3. The summed E-state index contributed by atoms with van der Waals surface area (Å²) in [5.74, 6) is -0.104. The average molecular weight is 293 g/mol. The molecule has 118 valence electrons. The third kappa shape index (κ3) is 4.97. The summed E-state index contributed by atoms with van der Waals surface area (Å²) in [4.78, 5) is 4.47. The minimum absolute atomic E-state index is 0.0462. The highest BCUT2D eigenvalue weighted by Crippen LogP contribution is 2.22. The number of anilines is 1. The van der Waals surface area contributed by atoms with Crippen molar-refractivity contribution in [1.29, 1.82) is 0 Å². The molecule has 21 heavy (non-hydrogen) atoms. The van der Waals surface area contributed by atoms with Crippen LogP contribution in [0.25, 0.3) is 0 Å². The summed E-state index contributed by atoms with van der Waals surface area (Å²) < 4.78 is 14.4. The van der Waals surface area contributed by atoms with E-state index in [0.717, 1.165) is 43.9 Å². The van der Waals surface area contributed by atoms with E-state index in [1.54, 1.807) is 6.07 Å². The Labute approximate surface area is 128 Å². The van der Waals surface area contributed by atoms with Crippen molar-refractivity contribution in [3.63, 3.8) is 0 Å². The number of hydrogen-bond acceptors (Lipinski definition) is 3. The van der Waals surface area contributed by atoms with E-state index in [4.69, 9.17) is 0 Å². The van der Waals surface area contributed by atoms with E-state index in [1.165, 1.54) is 0 Å². The van der Waals surface area contributed by atoms with Crippen molar-refractivity contribution in [1.82, 2.24) is 10.2 Å². The molecule has 0 amide bonds. The van der Waals surface area contributed by atoms with Crippen LogP contribution in [-0.4, -0.2) is 43.7 Å². The first-order chi connectivity index (χ1) is 9.85. The van der Waals surface area contributed by atoms with Crippen LogP contribution in [0.15, 0.2) is 18.2 Å². The number of halogens is 1. The summed E-state index contributed by atoms with van der Waals surface area (Å²) in [7, 11) is 2.13. The number of nitrogens with one attached hydrogen (secondary N) is 1. The van der Waals surface area contributed by atoms with E-state index >= 15 is 0 Å². The van der Waals surface area contributed by atoms with E-state index in [9.17, 15) is 4.39 Å². The van der Waals surface area contributed by atoms with Gasteiger partial charge in [-0.15, -0.1) is 0 Å². The molecule has 1 aliphatic rings. The van der Waals surface area contributed by atoms with Crippen molar-refractivity contribution in [3.05, 3.63) is 29.6 Å². The van der Waals surface area contributed by atoms with Crippen LogP contribution in [0.2, 0.25) is 0 Å². The predicted octanol–water partition coefficient (Wildman–Crippen LogP) is 2.86. The lowest BCUT2D eigenvalue weighted by Gasteiger charge is -2.24. The maximum absolute atomic E-state index is 14.4. The Morgan fingerprint density at radius 2 is 1.90 bits per heavy atom. The van der Waals surface area contributed by atoms with Crippen LogP contribution in [-0.2, 0) is 6.54 Å². The second-order valence-electron chi connectivity index (χ2n) is 7.03. The molecule has 1 aromatic carbocycles. The zero-order valence-corrected chi connectivity index (χ0v) is 13.7. The van der Waals surface area contributed by atoms with E-state index in [0.29, 0.717) is 6.54 Å². The molecule has 1 heterocycles. The molecule has 1 aromatic rings. The fourth-order valence-electron chi connectivity index (χ4n) is 2.57. The fourth-order valence-corrected chi connectivity index (χ4v) is 2.57. The van der Waals surface area contributed by atoms with Gasteiger partial charge >= 0.3 is 0 Å². The van der Waals surface area contributed by atoms with Gasteiger partial charge < -0.3 is 15.1 Å². The van der Waals surface area contributed by atoms with Gasteiger partial charge in [0, 0.05) is 31.7 Å². The first kappa shape index (κ1) is 16.2. The Hall–Kier alpha value is -1.13. The molecule has 1 fully saturated rings. The van der Waals surface area contributed by atoms with Crippen molar-refractivity contribution in [2.45, 2.75) is 39.3 Å². The van der Waals surface area contributed by atoms with Gasteiger partial charge in [-0.05, 0) is 58.5 Å². The third-order valence-electron chi connectivity index (χ3n) is 3.90. The Balaban J connectivity index is 2.04. The SMILES string of the molecule is CN1CCCN(c2ccc(CNC(C)(C)C)cc2F)CC1. The minimum Gasteiger partial charge on any atom is -0.368 e. The molecule has 0 bridgehead atoms. The molecule has 0 aromatic heterocycles. The molecule has 2 rings (SSSR count). The maximum atomic E-state index is 14.4. The number of nitrogens with zero attached hydrogens (tertiary/aromatic N) is 2. The van der Waals surface area contributed by atoms with Crippen LogP contribution in [0.5, 0.6) is 0 Å². The zero-order valence-electron chi connectivity index (χ0n) is 13.7. The van der Waals surface area contributed by atoms with Crippen molar-refractivity contribution in [2.24, 2.45) is 0 Å². The van der Waals surface area contributed by atoms with E-state index in [-0.39, 0.29) is 11.4 Å². The molecule has 3 nitrogen and oxygen atoms in total. The highest BCUT2D eigenvalue weighted by molar-refractivity contribution is 5.49. The molecule has 0 radical (unpaired) electrons. The van der Waals surface area contributed by atoms with Gasteiger partial charge in [0.05, 0.1) is 5.69 Å². The third-order valence-corrected chi connectivity index (χ3v) is 3.90. The van der Waals surface area contributed by atoms with Crippen LogP contribution < -0.4 is 10.2 Å². The number of benzene rings is 1. The monoisotopic (exact) mass is 293 g/mol. The van der Waals surface area contributed by atoms with E-state index in [2.05, 4.69) is 42.9 Å². The van der Waals surface area contributed by atoms with Gasteiger partial charge in [0.2, 0.25) is 0 Å². The molecule has 1 N–H and O–H groups in total. The zero-order chi connectivity index (χ0) is 15.5. The topological polar surface area (TPSA) is 18.5 Å². The summed E-state index contributed by atoms with van der Waals surface area (Å²) in [6.07, 6.45) is 1.09. The summed E-state index contributed by atoms with van der Waals surface area (Å²) in [5.41, 5.74) is 1.78. The van der Waals surface area contributed by atoms with Gasteiger partial charge in [0.25, 0.3) is 0 Å². The lowest BCUT2D eigenvalue weighted by Crippen LogP contribution is -2.35. The Morgan fingerprint density at radius 1 is 1.14 bits per heavy atom. The standard InChI is InChI=1S/C17H28FN3/c1-17(2,3)19-13-14-6-7-16(15(18)12-14)21-9-5-8-20(4)10-11-21/h6-7,12,19H,5,8-11,13H2,1-4H3. The Morgan fingerprint density at radius 3 is 2.57 bits per heavy atom. The quantitative estimate of drug-likeness (QED) is 0.924. The lowest BCUT2D eigenvalue weighted by molar-refractivity contribution is 0.360. The van der Waals surface area contributed by atoms with Gasteiger partial charge in [0.1, 0.15) is 5.82 Å². The van der Waals surface area contributed by atoms with Crippen LogP contribution in [0, 0.1) is 5.82 Å². The normalized spacial score (nSPS) is 17.9. The molecule has 0 aliphatic carbocycles. The van der Waals surface area contributed by atoms with E-state index in [1.807, 2.05) is 12.1 Å². The minimum atomic E-state index is -0.104. The molecule has 4 heteroatoms. The molecule has 1 saturated heterocycles. The molecular formula is C17H28FN3. The summed E-state index contributed by atoms with van der Waals surface area (Å²) in [5, 5.41) is 3.39. The van der Waals surface area contributed by atoms with Crippen molar-refractivity contribution in [2.75, 3.05) is 38.1 Å². The highest BCUT2D eigenvalue weighted by Gasteiger charge is 2.16. The summed E-state index contributed by atoms with van der Waals surface area (Å²) in [6.45, 7) is 11.0. The molecular weight excluding hydrogens is 265 g/mol. The molecule has 0 unspecified atom stereocenters. The Kier molecular flexibility index (Phi) is 5.22. The first-order valence-corrected chi connectivity index (χ1v) is 7.82. The average Bonchev–Trinajstić information content (AvgIpc) is 2.61. The summed E-state index contributed by atoms with van der Waals surface area (Å²) >= 11 is 0. The van der Waals surface area contributed by atoms with E-state index < -0.39 is 0 Å². The van der Waals surface area contributed by atoms with Gasteiger partial charge in [-0.1, -0.05) is 6.07 Å². The molecule has 0 saturated carbocycles. The lowest BCUT2D eigenvalue weighted by atomic mass is 10.1. The van der Waals surface area contributed by atoms with Crippen LogP contribution in [0.3, 0.4) is 0 Å². The van der Waals surface area contributed by atoms with Gasteiger partial charge in [-0.2, -0.15) is 0 Å². The number of hydrogen-bond donors (Lipinski definition) is 1. The van der Waals surface area contributed by atoms with Crippen molar-refractivity contribution < 1.29 is 4.39 Å². The van der Waals surface area contributed by atoms with Gasteiger partial charge in [-0.3, -0.25) is 0 Å². The highest BCUT2D eigenvalue weighted by atomic mass is 19.1. The number of likely N-dealkylation sites (N-methyl/N-ethyl adjacent to an activating group) is 1. The van der Waals surface area contributed by atoms with Gasteiger partial charge in [0.15, 0.2) is 0 Å². The van der Waals surface area contributed by atoms with Crippen LogP contribution in [0.1, 0.15) is 32.8 Å². The van der Waals surface area contributed by atoms with Crippen molar-refractivity contribution >= 4 is 5.69 Å². The second kappa shape index (κ2) is 6.75. The van der Waals surface area contributed by atoms with Crippen molar-refractivity contribution in [3.8, 4) is 0 Å². The molecule has 1 aliphatic heterocycles. The van der Waals surface area contributed by atoms with Gasteiger partial charge in [-0.25, -0.2) is 4.39 Å². The predicted molar refractivity (Wildman–Crippen MR) is 87.3 cm³/mol.